The standard InChI is InChI=1S/C11H10O/c1-2-4-10(5-3-1)6-7-11-8-9-12-11/h1-5,11H,8-9H2/t11-/m1/s1. The summed E-state index contributed by atoms with van der Waals surface area (Å²) in [6.07, 6.45) is 1.27. The highest BCUT2D eigenvalue weighted by atomic mass is 16.5. The SMILES string of the molecule is C(#C[C@@H]1CCO1)c1ccccc1. The van der Waals surface area contributed by atoms with Crippen LogP contribution in [0.1, 0.15) is 12.0 Å². The molecule has 0 N–H and O–H groups in total. The van der Waals surface area contributed by atoms with Gasteiger partial charge in [0, 0.05) is 12.0 Å². The lowest BCUT2D eigenvalue weighted by molar-refractivity contribution is -0.0122. The third kappa shape index (κ3) is 1.66. The van der Waals surface area contributed by atoms with Gasteiger partial charge in [0.15, 0.2) is 0 Å². The fourth-order valence-corrected chi connectivity index (χ4v) is 1.03. The van der Waals surface area contributed by atoms with Crippen LogP contribution < -0.4 is 0 Å². The first kappa shape index (κ1) is 7.39. The largest absolute Gasteiger partial charge is 0.365 e. The molecule has 1 fully saturated rings. The van der Waals surface area contributed by atoms with Crippen molar-refractivity contribution < 1.29 is 4.74 Å². The highest BCUT2D eigenvalue weighted by Crippen LogP contribution is 2.09. The maximum absolute atomic E-state index is 5.18. The molecule has 0 amide bonds. The second-order valence-electron chi connectivity index (χ2n) is 2.78. The van der Waals surface area contributed by atoms with Crippen molar-refractivity contribution in [2.24, 2.45) is 0 Å². The predicted molar refractivity (Wildman–Crippen MR) is 47.7 cm³/mol. The van der Waals surface area contributed by atoms with Crippen LogP contribution >= 0.6 is 0 Å². The van der Waals surface area contributed by atoms with E-state index in [0.717, 1.165) is 18.6 Å². The van der Waals surface area contributed by atoms with Crippen LogP contribution in [0.5, 0.6) is 0 Å². The molecular weight excluding hydrogens is 148 g/mol. The minimum atomic E-state index is 0.185. The van der Waals surface area contributed by atoms with E-state index in [1.165, 1.54) is 0 Å². The Morgan fingerprint density at radius 1 is 1.25 bits per heavy atom. The minimum Gasteiger partial charge on any atom is -0.365 e. The molecule has 2 rings (SSSR count). The average Bonchev–Trinajstić information content (AvgIpc) is 2.04. The molecule has 1 aliphatic heterocycles. The maximum Gasteiger partial charge on any atom is 0.120 e. The first-order valence-electron chi connectivity index (χ1n) is 4.13. The first-order valence-corrected chi connectivity index (χ1v) is 4.13. The molecule has 1 aromatic rings. The molecule has 0 radical (unpaired) electrons. The van der Waals surface area contributed by atoms with Crippen LogP contribution in [0.4, 0.5) is 0 Å². The molecule has 1 saturated heterocycles. The topological polar surface area (TPSA) is 9.23 Å². The Bertz CT molecular complexity index is 301. The molecule has 1 aromatic carbocycles. The van der Waals surface area contributed by atoms with Gasteiger partial charge in [0.1, 0.15) is 6.10 Å². The quantitative estimate of drug-likeness (QED) is 0.523. The third-order valence-electron chi connectivity index (χ3n) is 1.85. The summed E-state index contributed by atoms with van der Waals surface area (Å²) in [5, 5.41) is 0. The molecule has 1 heterocycles. The van der Waals surface area contributed by atoms with E-state index in [-0.39, 0.29) is 6.10 Å². The fraction of sp³-hybridized carbons (Fsp3) is 0.273. The summed E-state index contributed by atoms with van der Waals surface area (Å²) in [6, 6.07) is 9.99. The maximum atomic E-state index is 5.18. The molecule has 1 nitrogen and oxygen atoms in total. The Kier molecular flexibility index (Phi) is 2.11. The molecule has 12 heavy (non-hydrogen) atoms. The number of ether oxygens (including phenoxy) is 1. The molecule has 0 aliphatic carbocycles. The molecule has 1 aliphatic rings. The van der Waals surface area contributed by atoms with Crippen LogP contribution in [0.25, 0.3) is 0 Å². The second-order valence-corrected chi connectivity index (χ2v) is 2.78. The number of rotatable bonds is 0. The van der Waals surface area contributed by atoms with E-state index in [2.05, 4.69) is 11.8 Å². The van der Waals surface area contributed by atoms with Crippen molar-refractivity contribution in [2.75, 3.05) is 6.61 Å². The van der Waals surface area contributed by atoms with Gasteiger partial charge in [-0.3, -0.25) is 0 Å². The first-order chi connectivity index (χ1) is 5.95. The molecule has 1 atom stereocenters. The van der Waals surface area contributed by atoms with E-state index in [1.807, 2.05) is 30.3 Å². The van der Waals surface area contributed by atoms with E-state index < -0.39 is 0 Å². The molecule has 1 heteroatoms. The van der Waals surface area contributed by atoms with E-state index in [9.17, 15) is 0 Å². The van der Waals surface area contributed by atoms with Crippen molar-refractivity contribution in [3.63, 3.8) is 0 Å². The summed E-state index contributed by atoms with van der Waals surface area (Å²) in [4.78, 5) is 0. The zero-order valence-corrected chi connectivity index (χ0v) is 6.79. The van der Waals surface area contributed by atoms with Crippen molar-refractivity contribution >= 4 is 0 Å². The van der Waals surface area contributed by atoms with Crippen molar-refractivity contribution in [2.45, 2.75) is 12.5 Å². The van der Waals surface area contributed by atoms with Crippen LogP contribution in [-0.4, -0.2) is 12.7 Å². The van der Waals surface area contributed by atoms with E-state index >= 15 is 0 Å². The van der Waals surface area contributed by atoms with Gasteiger partial charge in [-0.25, -0.2) is 0 Å². The molecule has 0 aromatic heterocycles. The lowest BCUT2D eigenvalue weighted by Crippen LogP contribution is -2.24. The molecule has 0 unspecified atom stereocenters. The number of benzene rings is 1. The van der Waals surface area contributed by atoms with Gasteiger partial charge in [-0.1, -0.05) is 30.0 Å². The summed E-state index contributed by atoms with van der Waals surface area (Å²) < 4.78 is 5.18. The monoisotopic (exact) mass is 158 g/mol. The molecule has 0 spiro atoms. The summed E-state index contributed by atoms with van der Waals surface area (Å²) in [5.74, 6) is 6.13. The predicted octanol–water partition coefficient (Wildman–Crippen LogP) is 1.83. The van der Waals surface area contributed by atoms with Crippen LogP contribution in [-0.2, 0) is 4.74 Å². The van der Waals surface area contributed by atoms with E-state index in [0.29, 0.717) is 0 Å². The van der Waals surface area contributed by atoms with Gasteiger partial charge in [-0.05, 0) is 12.1 Å². The summed E-state index contributed by atoms with van der Waals surface area (Å²) in [6.45, 7) is 0.869. The lowest BCUT2D eigenvalue weighted by Gasteiger charge is -2.20. The highest BCUT2D eigenvalue weighted by Gasteiger charge is 2.13. The van der Waals surface area contributed by atoms with E-state index in [4.69, 9.17) is 4.74 Å². The smallest absolute Gasteiger partial charge is 0.120 e. The molecule has 0 bridgehead atoms. The van der Waals surface area contributed by atoms with Crippen LogP contribution in [0, 0.1) is 11.8 Å². The fourth-order valence-electron chi connectivity index (χ4n) is 1.03. The Hall–Kier alpha value is -1.26. The van der Waals surface area contributed by atoms with Crippen molar-refractivity contribution in [1.29, 1.82) is 0 Å². The van der Waals surface area contributed by atoms with E-state index in [1.54, 1.807) is 0 Å². The molecule has 60 valence electrons. The highest BCUT2D eigenvalue weighted by molar-refractivity contribution is 5.34. The molecule has 0 saturated carbocycles. The number of hydrogen-bond acceptors (Lipinski definition) is 1. The Balaban J connectivity index is 2.05. The van der Waals surface area contributed by atoms with Crippen LogP contribution in [0.3, 0.4) is 0 Å². The average molecular weight is 158 g/mol. The van der Waals surface area contributed by atoms with Crippen molar-refractivity contribution in [3.8, 4) is 11.8 Å². The molecular formula is C11H10O. The van der Waals surface area contributed by atoms with Gasteiger partial charge in [0.05, 0.1) is 6.61 Å². The van der Waals surface area contributed by atoms with Gasteiger partial charge in [0.25, 0.3) is 0 Å². The lowest BCUT2D eigenvalue weighted by atomic mass is 10.1. The van der Waals surface area contributed by atoms with Gasteiger partial charge >= 0.3 is 0 Å². The Labute approximate surface area is 72.4 Å². The minimum absolute atomic E-state index is 0.185. The van der Waals surface area contributed by atoms with Gasteiger partial charge in [-0.2, -0.15) is 0 Å². The third-order valence-corrected chi connectivity index (χ3v) is 1.85. The summed E-state index contributed by atoms with van der Waals surface area (Å²) in [5.41, 5.74) is 1.06. The van der Waals surface area contributed by atoms with Crippen molar-refractivity contribution in [1.82, 2.24) is 0 Å². The van der Waals surface area contributed by atoms with Crippen molar-refractivity contribution in [3.05, 3.63) is 35.9 Å². The Morgan fingerprint density at radius 2 is 2.00 bits per heavy atom. The van der Waals surface area contributed by atoms with Crippen LogP contribution in [0.2, 0.25) is 0 Å². The van der Waals surface area contributed by atoms with Crippen LogP contribution in [0.15, 0.2) is 30.3 Å². The zero-order chi connectivity index (χ0) is 8.23. The van der Waals surface area contributed by atoms with Gasteiger partial charge in [0.2, 0.25) is 0 Å². The summed E-state index contributed by atoms with van der Waals surface area (Å²) in [7, 11) is 0. The van der Waals surface area contributed by atoms with Gasteiger partial charge in [-0.15, -0.1) is 0 Å². The second kappa shape index (κ2) is 3.42. The Morgan fingerprint density at radius 3 is 2.58 bits per heavy atom. The zero-order valence-electron chi connectivity index (χ0n) is 6.79. The normalized spacial score (nSPS) is 20.5. The number of hydrogen-bond donors (Lipinski definition) is 0. The van der Waals surface area contributed by atoms with Gasteiger partial charge < -0.3 is 4.74 Å². The summed E-state index contributed by atoms with van der Waals surface area (Å²) >= 11 is 0.